The zero-order valence-electron chi connectivity index (χ0n) is 11.8. The lowest BCUT2D eigenvalue weighted by Gasteiger charge is -2.41. The van der Waals surface area contributed by atoms with E-state index in [2.05, 4.69) is 0 Å². The summed E-state index contributed by atoms with van der Waals surface area (Å²) in [6, 6.07) is 7.29. The van der Waals surface area contributed by atoms with Gasteiger partial charge >= 0.3 is 0 Å². The molecule has 0 atom stereocenters. The minimum Gasteiger partial charge on any atom is -0.400 e. The van der Waals surface area contributed by atoms with Gasteiger partial charge in [0.1, 0.15) is 0 Å². The zero-order chi connectivity index (χ0) is 15.1. The van der Waals surface area contributed by atoms with Crippen molar-refractivity contribution < 1.29 is 8.42 Å². The topological polar surface area (TPSA) is 63.4 Å². The standard InChI is InChI=1S/C15H19ClN2O2S/c16-13-6-4-12(5-7-13)10-18-15(8-2-1-3-9-15)14(17)11-21(18,19)20/h4-7,11H,1-3,8-10,17H2. The van der Waals surface area contributed by atoms with Crippen molar-refractivity contribution in [2.75, 3.05) is 0 Å². The Balaban J connectivity index is 1.95. The predicted molar refractivity (Wildman–Crippen MR) is 84.0 cm³/mol. The Morgan fingerprint density at radius 2 is 1.76 bits per heavy atom. The van der Waals surface area contributed by atoms with E-state index in [4.69, 9.17) is 17.3 Å². The molecule has 0 bridgehead atoms. The molecule has 0 amide bonds. The van der Waals surface area contributed by atoms with Gasteiger partial charge in [0.15, 0.2) is 0 Å². The lowest BCUT2D eigenvalue weighted by Crippen LogP contribution is -2.50. The normalized spacial score (nSPS) is 24.1. The molecule has 1 aliphatic heterocycles. The summed E-state index contributed by atoms with van der Waals surface area (Å²) in [5, 5.41) is 1.89. The summed E-state index contributed by atoms with van der Waals surface area (Å²) in [5.41, 5.74) is 7.01. The SMILES string of the molecule is NC1=CS(=O)(=O)N(Cc2ccc(Cl)cc2)C12CCCCC2. The average Bonchev–Trinajstić information content (AvgIpc) is 2.62. The third-order valence-electron chi connectivity index (χ3n) is 4.52. The van der Waals surface area contributed by atoms with Gasteiger partial charge in [0.05, 0.1) is 10.9 Å². The molecule has 1 fully saturated rings. The molecule has 2 N–H and O–H groups in total. The fourth-order valence-electron chi connectivity index (χ4n) is 3.39. The molecule has 114 valence electrons. The highest BCUT2D eigenvalue weighted by atomic mass is 35.5. The predicted octanol–water partition coefficient (Wildman–Crippen LogP) is 2.99. The number of benzene rings is 1. The highest BCUT2D eigenvalue weighted by Gasteiger charge is 2.50. The molecule has 1 aromatic carbocycles. The molecule has 21 heavy (non-hydrogen) atoms. The molecule has 1 aliphatic carbocycles. The first-order valence-corrected chi connectivity index (χ1v) is 9.07. The van der Waals surface area contributed by atoms with Gasteiger partial charge in [0, 0.05) is 17.3 Å². The molecule has 0 aromatic heterocycles. The van der Waals surface area contributed by atoms with Crippen LogP contribution >= 0.6 is 11.6 Å². The summed E-state index contributed by atoms with van der Waals surface area (Å²) in [6.07, 6.45) is 4.79. The smallest absolute Gasteiger partial charge is 0.239 e. The number of hydrogen-bond donors (Lipinski definition) is 1. The number of rotatable bonds is 2. The second-order valence-corrected chi connectivity index (χ2v) is 7.99. The van der Waals surface area contributed by atoms with E-state index in [0.717, 1.165) is 37.7 Å². The van der Waals surface area contributed by atoms with Crippen molar-refractivity contribution in [2.24, 2.45) is 5.73 Å². The van der Waals surface area contributed by atoms with E-state index in [9.17, 15) is 8.42 Å². The van der Waals surface area contributed by atoms with Gasteiger partial charge in [-0.25, -0.2) is 8.42 Å². The second-order valence-electron chi connectivity index (χ2n) is 5.84. The second kappa shape index (κ2) is 5.30. The quantitative estimate of drug-likeness (QED) is 0.908. The molecule has 0 radical (unpaired) electrons. The fourth-order valence-corrected chi connectivity index (χ4v) is 5.29. The Bertz CT molecular complexity index is 661. The first-order chi connectivity index (χ1) is 9.94. The fraction of sp³-hybridized carbons (Fsp3) is 0.467. The van der Waals surface area contributed by atoms with Gasteiger partial charge in [-0.15, -0.1) is 0 Å². The van der Waals surface area contributed by atoms with E-state index < -0.39 is 15.6 Å². The monoisotopic (exact) mass is 326 g/mol. The minimum absolute atomic E-state index is 0.344. The summed E-state index contributed by atoms with van der Waals surface area (Å²) in [7, 11) is -3.44. The van der Waals surface area contributed by atoms with Crippen LogP contribution in [-0.4, -0.2) is 18.3 Å². The van der Waals surface area contributed by atoms with Crippen molar-refractivity contribution in [2.45, 2.75) is 44.2 Å². The number of nitrogens with two attached hydrogens (primary N) is 1. The zero-order valence-corrected chi connectivity index (χ0v) is 13.3. The highest BCUT2D eigenvalue weighted by molar-refractivity contribution is 7.92. The van der Waals surface area contributed by atoms with E-state index in [1.54, 1.807) is 16.4 Å². The molecule has 0 unspecified atom stereocenters. The number of sulfonamides is 1. The van der Waals surface area contributed by atoms with Crippen LogP contribution in [0.25, 0.3) is 0 Å². The van der Waals surface area contributed by atoms with E-state index in [0.29, 0.717) is 17.3 Å². The first-order valence-electron chi connectivity index (χ1n) is 7.19. The largest absolute Gasteiger partial charge is 0.400 e. The average molecular weight is 327 g/mol. The van der Waals surface area contributed by atoms with Crippen LogP contribution in [0.15, 0.2) is 35.4 Å². The maximum Gasteiger partial charge on any atom is 0.239 e. The molecule has 1 aromatic rings. The maximum atomic E-state index is 12.5. The Morgan fingerprint density at radius 1 is 1.14 bits per heavy atom. The van der Waals surface area contributed by atoms with Crippen molar-refractivity contribution in [3.8, 4) is 0 Å². The van der Waals surface area contributed by atoms with Crippen molar-refractivity contribution >= 4 is 21.6 Å². The van der Waals surface area contributed by atoms with Crippen LogP contribution < -0.4 is 5.73 Å². The molecule has 1 saturated carbocycles. The molecule has 3 rings (SSSR count). The number of nitrogens with zero attached hydrogens (tertiary/aromatic N) is 1. The molecule has 1 heterocycles. The van der Waals surface area contributed by atoms with Crippen molar-refractivity contribution in [3.63, 3.8) is 0 Å². The lowest BCUT2D eigenvalue weighted by atomic mass is 9.79. The lowest BCUT2D eigenvalue weighted by molar-refractivity contribution is 0.167. The molecular formula is C15H19ClN2O2S. The third kappa shape index (κ3) is 2.58. The first kappa shape index (κ1) is 14.9. The summed E-state index contributed by atoms with van der Waals surface area (Å²) in [4.78, 5) is 0. The summed E-state index contributed by atoms with van der Waals surface area (Å²) < 4.78 is 26.5. The molecule has 2 aliphatic rings. The minimum atomic E-state index is -3.44. The Kier molecular flexibility index (Phi) is 3.76. The van der Waals surface area contributed by atoms with Crippen molar-refractivity contribution in [3.05, 3.63) is 46.0 Å². The molecule has 4 nitrogen and oxygen atoms in total. The van der Waals surface area contributed by atoms with Crippen LogP contribution in [0.2, 0.25) is 5.02 Å². The molecule has 0 saturated heterocycles. The number of hydrogen-bond acceptors (Lipinski definition) is 3. The van der Waals surface area contributed by atoms with Crippen LogP contribution in [0.1, 0.15) is 37.7 Å². The van der Waals surface area contributed by atoms with Gasteiger partial charge in [-0.3, -0.25) is 0 Å². The molecule has 1 spiro atoms. The number of halogens is 1. The van der Waals surface area contributed by atoms with E-state index >= 15 is 0 Å². The van der Waals surface area contributed by atoms with Gasteiger partial charge in [-0.05, 0) is 30.5 Å². The van der Waals surface area contributed by atoms with Crippen LogP contribution in [0, 0.1) is 0 Å². The highest BCUT2D eigenvalue weighted by Crippen LogP contribution is 2.44. The van der Waals surface area contributed by atoms with Crippen LogP contribution in [0.5, 0.6) is 0 Å². The summed E-state index contributed by atoms with van der Waals surface area (Å²) in [5.74, 6) is 0. The maximum absolute atomic E-state index is 12.5. The summed E-state index contributed by atoms with van der Waals surface area (Å²) in [6.45, 7) is 0.344. The van der Waals surface area contributed by atoms with Gasteiger partial charge in [0.25, 0.3) is 0 Å². The van der Waals surface area contributed by atoms with E-state index in [1.807, 2.05) is 12.1 Å². The van der Waals surface area contributed by atoms with E-state index in [1.165, 1.54) is 5.41 Å². The Morgan fingerprint density at radius 3 is 2.38 bits per heavy atom. The molecular weight excluding hydrogens is 308 g/mol. The third-order valence-corrected chi connectivity index (χ3v) is 6.41. The van der Waals surface area contributed by atoms with Crippen LogP contribution in [0.4, 0.5) is 0 Å². The van der Waals surface area contributed by atoms with Gasteiger partial charge in [-0.1, -0.05) is 43.0 Å². The summed E-state index contributed by atoms with van der Waals surface area (Å²) >= 11 is 5.89. The van der Waals surface area contributed by atoms with Crippen LogP contribution in [-0.2, 0) is 16.6 Å². The Hall–Kier alpha value is -1.04. The Labute approximate surface area is 130 Å². The van der Waals surface area contributed by atoms with Gasteiger partial charge in [0.2, 0.25) is 10.0 Å². The molecule has 6 heteroatoms. The van der Waals surface area contributed by atoms with Crippen molar-refractivity contribution in [1.29, 1.82) is 0 Å². The van der Waals surface area contributed by atoms with Gasteiger partial charge < -0.3 is 5.73 Å². The van der Waals surface area contributed by atoms with Gasteiger partial charge in [-0.2, -0.15) is 4.31 Å². The van der Waals surface area contributed by atoms with E-state index in [-0.39, 0.29) is 0 Å². The van der Waals surface area contributed by atoms with Crippen LogP contribution in [0.3, 0.4) is 0 Å². The van der Waals surface area contributed by atoms with Crippen molar-refractivity contribution in [1.82, 2.24) is 4.31 Å².